The van der Waals surface area contributed by atoms with Crippen LogP contribution >= 0.6 is 0 Å². The number of para-hydroxylation sites is 3. The number of anilines is 6. The van der Waals surface area contributed by atoms with Crippen molar-refractivity contribution in [3.63, 3.8) is 0 Å². The molecule has 17 aromatic rings. The summed E-state index contributed by atoms with van der Waals surface area (Å²) in [6, 6.07) is 93.5. The maximum atomic E-state index is 10.5. The first-order chi connectivity index (χ1) is 52.0. The van der Waals surface area contributed by atoms with E-state index in [1.807, 2.05) is 25.3 Å². The minimum absolute atomic E-state index is 0.0116. The van der Waals surface area contributed by atoms with Crippen LogP contribution < -0.4 is 26.2 Å². The van der Waals surface area contributed by atoms with Gasteiger partial charge in [-0.05, 0) is 149 Å². The minimum atomic E-state index is -0.795. The predicted molar refractivity (Wildman–Crippen MR) is 433 cm³/mol. The summed E-state index contributed by atoms with van der Waals surface area (Å²) in [4.78, 5) is 5.25. The van der Waals surface area contributed by atoms with E-state index in [2.05, 4.69) is 317 Å². The number of fused-ring (bicyclic) bond motifs is 15. The average molecular weight is 1300 g/mol. The smallest absolute Gasteiger partial charge is 0.252 e. The van der Waals surface area contributed by atoms with Crippen LogP contribution in [-0.2, 0) is 16.2 Å². The summed E-state index contributed by atoms with van der Waals surface area (Å²) in [5.41, 5.74) is 24.8. The Morgan fingerprint density at radius 3 is 1.19 bits per heavy atom. The van der Waals surface area contributed by atoms with Crippen LogP contribution in [0.1, 0.15) is 88.6 Å². The molecule has 0 radical (unpaired) electrons. The third-order valence-electron chi connectivity index (χ3n) is 21.4. The van der Waals surface area contributed by atoms with Crippen LogP contribution in [0, 0.1) is 0 Å². The van der Waals surface area contributed by atoms with Gasteiger partial charge in [-0.1, -0.05) is 299 Å². The van der Waals surface area contributed by atoms with Crippen molar-refractivity contribution in [2.45, 2.75) is 78.6 Å². The van der Waals surface area contributed by atoms with Gasteiger partial charge in [0, 0.05) is 71.6 Å². The fourth-order valence-electron chi connectivity index (χ4n) is 16.5. The molecule has 0 unspecified atom stereocenters. The number of hydrogen-bond donors (Lipinski definition) is 0. The van der Waals surface area contributed by atoms with E-state index in [-0.39, 0.29) is 62.8 Å². The van der Waals surface area contributed by atoms with Gasteiger partial charge >= 0.3 is 0 Å². The van der Waals surface area contributed by atoms with Crippen molar-refractivity contribution in [2.75, 3.05) is 9.80 Å². The molecule has 19 rings (SSSR count). The molecule has 484 valence electrons. The fourth-order valence-corrected chi connectivity index (χ4v) is 16.5. The zero-order chi connectivity index (χ0) is 74.5. The van der Waals surface area contributed by atoms with Crippen molar-refractivity contribution < 1.29 is 9.60 Å². The van der Waals surface area contributed by atoms with Crippen LogP contribution in [0.3, 0.4) is 0 Å². The molecule has 4 nitrogen and oxygen atoms in total. The molecule has 5 heteroatoms. The van der Waals surface area contributed by atoms with Gasteiger partial charge in [0.15, 0.2) is 0 Å². The third kappa shape index (κ3) is 9.28. The van der Waals surface area contributed by atoms with Crippen molar-refractivity contribution in [2.24, 2.45) is 0 Å². The molecule has 101 heavy (non-hydrogen) atoms. The molecule has 3 aromatic heterocycles. The van der Waals surface area contributed by atoms with E-state index in [4.69, 9.17) is 0 Å². The highest BCUT2D eigenvalue weighted by atomic mass is 15.2. The number of nitrogens with zero attached hydrogens (tertiary/aromatic N) is 4. The van der Waals surface area contributed by atoms with Crippen molar-refractivity contribution in [3.8, 4) is 61.3 Å². The molecule has 14 aromatic carbocycles. The minimum Gasteiger partial charge on any atom is -0.309 e. The molecule has 0 N–H and O–H groups in total. The van der Waals surface area contributed by atoms with E-state index in [9.17, 15) is 9.60 Å². The third-order valence-corrected chi connectivity index (χ3v) is 21.4. The first-order valence-corrected chi connectivity index (χ1v) is 35.3. The molecule has 2 aliphatic rings. The zero-order valence-electron chi connectivity index (χ0n) is 65.2. The quantitative estimate of drug-likeness (QED) is 0.141. The summed E-state index contributed by atoms with van der Waals surface area (Å²) in [5.74, 6) is 0. The van der Waals surface area contributed by atoms with E-state index < -0.39 is 24.2 Å². The Balaban J connectivity index is 1.09. The Labute approximate surface area is 601 Å². The summed E-state index contributed by atoms with van der Waals surface area (Å²) in [5, 5.41) is 4.58. The van der Waals surface area contributed by atoms with E-state index in [1.54, 1.807) is 0 Å². The summed E-state index contributed by atoms with van der Waals surface area (Å²) >= 11 is 0. The van der Waals surface area contributed by atoms with Crippen LogP contribution in [0.2, 0.25) is 0 Å². The maximum absolute atomic E-state index is 10.5. The van der Waals surface area contributed by atoms with Crippen LogP contribution in [0.25, 0.3) is 121 Å². The second-order valence-electron chi connectivity index (χ2n) is 30.7. The maximum Gasteiger partial charge on any atom is 0.252 e. The van der Waals surface area contributed by atoms with Crippen molar-refractivity contribution in [3.05, 3.63) is 320 Å². The molecule has 5 heterocycles. The van der Waals surface area contributed by atoms with Crippen LogP contribution in [-0.4, -0.2) is 15.7 Å². The highest BCUT2D eigenvalue weighted by Crippen LogP contribution is 2.60. The highest BCUT2D eigenvalue weighted by molar-refractivity contribution is 7.01. The summed E-state index contributed by atoms with van der Waals surface area (Å²) in [7, 11) is 0. The van der Waals surface area contributed by atoms with Crippen LogP contribution in [0.5, 0.6) is 0 Å². The summed E-state index contributed by atoms with van der Waals surface area (Å²) in [6.45, 7) is 19.1. The van der Waals surface area contributed by atoms with Gasteiger partial charge in [-0.15, -0.1) is 0 Å². The summed E-state index contributed by atoms with van der Waals surface area (Å²) in [6.07, 6.45) is 0. The molecule has 0 amide bonds. The van der Waals surface area contributed by atoms with Crippen molar-refractivity contribution in [1.29, 1.82) is 0 Å². The van der Waals surface area contributed by atoms with Gasteiger partial charge < -0.3 is 18.8 Å². The van der Waals surface area contributed by atoms with Gasteiger partial charge in [0.2, 0.25) is 0 Å². The molecule has 0 fully saturated rings. The van der Waals surface area contributed by atoms with Gasteiger partial charge in [-0.3, -0.25) is 0 Å². The van der Waals surface area contributed by atoms with Crippen LogP contribution in [0.15, 0.2) is 303 Å². The predicted octanol–water partition coefficient (Wildman–Crippen LogP) is 24.2. The van der Waals surface area contributed by atoms with E-state index in [1.165, 1.54) is 5.56 Å². The number of rotatable bonds is 8. The molecule has 0 spiro atoms. The Morgan fingerprint density at radius 1 is 0.317 bits per heavy atom. The molecule has 0 bridgehead atoms. The Hall–Kier alpha value is -11.7. The molecule has 0 saturated heterocycles. The Bertz CT molecular complexity index is 6510. The van der Waals surface area contributed by atoms with Gasteiger partial charge in [-0.25, -0.2) is 0 Å². The number of aromatic nitrogens is 2. The SMILES string of the molecule is [2H]c1c([2H])c([2H])c2c(c1[2H])c1c([2H])c([2H])c(C(C)(C)C)c([2H])c1n2-c1ccc2c(c1)N(c1c(-c3ccccc3)cc(C(C)(C)C)cc1-c1ccccc1)c1c3c(c4c5ccccc5n5c6ccccc6c1c45)N(c1c(-c4ccccc4)cc(C(C)(C)C)cc1-c1ccccc1)c1cc(-c4ccccc4)ccc1B23. The summed E-state index contributed by atoms with van der Waals surface area (Å²) < 4.78 is 73.1. The topological polar surface area (TPSA) is 15.8 Å². The number of benzene rings is 14. The van der Waals surface area contributed by atoms with E-state index in [0.717, 1.165) is 150 Å². The van der Waals surface area contributed by atoms with Gasteiger partial charge in [0.1, 0.15) is 0 Å². The largest absolute Gasteiger partial charge is 0.309 e. The lowest BCUT2D eigenvalue weighted by Gasteiger charge is -2.46. The zero-order valence-corrected chi connectivity index (χ0v) is 58.2. The van der Waals surface area contributed by atoms with Crippen LogP contribution in [0.4, 0.5) is 34.1 Å². The lowest BCUT2D eigenvalue weighted by Crippen LogP contribution is -2.61. The lowest BCUT2D eigenvalue weighted by atomic mass is 9.33. The average Bonchev–Trinajstić information content (AvgIpc) is 1.41. The van der Waals surface area contributed by atoms with E-state index in [0.29, 0.717) is 11.3 Å². The first kappa shape index (κ1) is 53.3. The second-order valence-corrected chi connectivity index (χ2v) is 30.7. The second kappa shape index (κ2) is 22.4. The van der Waals surface area contributed by atoms with Crippen molar-refractivity contribution in [1.82, 2.24) is 8.97 Å². The number of hydrogen-bond acceptors (Lipinski definition) is 2. The molecular formula is C96H77BN4. The van der Waals surface area contributed by atoms with Gasteiger partial charge in [0.05, 0.1) is 59.9 Å². The van der Waals surface area contributed by atoms with Gasteiger partial charge in [-0.2, -0.15) is 0 Å². The van der Waals surface area contributed by atoms with Crippen molar-refractivity contribution >= 4 is 117 Å². The normalized spacial score (nSPS) is 14.1. The molecular weight excluding hydrogens is 1220 g/mol. The molecule has 0 saturated carbocycles. The van der Waals surface area contributed by atoms with Gasteiger partial charge in [0.25, 0.3) is 6.71 Å². The Morgan fingerprint density at radius 2 is 0.723 bits per heavy atom. The highest BCUT2D eigenvalue weighted by Gasteiger charge is 2.49. The monoisotopic (exact) mass is 1300 g/mol. The fraction of sp³-hybridized carbons (Fsp3) is 0.125. The molecule has 0 aliphatic carbocycles. The van der Waals surface area contributed by atoms with E-state index >= 15 is 0 Å². The Kier molecular flexibility index (Phi) is 11.8. The standard InChI is InChI=1S/C96H77BN4/c1-94(2,3)66-48-50-71-70-41-25-28-44-80(70)98(83(71)58-66)69-49-52-79-85(59-69)101(90-76(63-37-21-13-22-38-63)56-68(96(7,8)9)57-77(90)64-39-23-14-24-40-64)93-87-73-43-27-30-46-82(73)99-81-45-29-26-42-72(81)86(91(87)99)92-88(93)97(79)78-51-47-65(60-31-15-10-16-32-60)53-84(78)100(92)89-74(61-33-17-11-18-34-61)54-67(95(4,5)6)55-75(89)62-35-19-12-20-36-62/h10-59H,1-9H3/i25D,28D,41D,44D,48D,50D,58D. The molecule has 0 atom stereocenters. The lowest BCUT2D eigenvalue weighted by molar-refractivity contribution is 0.590. The first-order valence-electron chi connectivity index (χ1n) is 38.8. The molecule has 2 aliphatic heterocycles.